The van der Waals surface area contributed by atoms with E-state index in [0.29, 0.717) is 19.3 Å². The molecule has 136 valence electrons. The summed E-state index contributed by atoms with van der Waals surface area (Å²) in [5.74, 6) is 0.108. The fourth-order valence-corrected chi connectivity index (χ4v) is 2.16. The molecule has 0 radical (unpaired) electrons. The van der Waals surface area contributed by atoms with Crippen molar-refractivity contribution in [3.05, 3.63) is 48.6 Å². The second-order valence-corrected chi connectivity index (χ2v) is 6.08. The second-order valence-electron chi connectivity index (χ2n) is 6.08. The van der Waals surface area contributed by atoms with E-state index in [2.05, 4.69) is 13.0 Å². The molecule has 0 aromatic rings. The monoisotopic (exact) mass is 334 g/mol. The van der Waals surface area contributed by atoms with E-state index in [0.717, 1.165) is 6.42 Å². The molecule has 24 heavy (non-hydrogen) atoms. The Bertz CT molecular complexity index is 419. The molecule has 2 N–H and O–H groups in total. The SMILES string of the molecule is CCCCCC/C=C/C=C\C=C\C=C\[C@@H](O)[C@@H](O)CCCC(C)=O. The summed E-state index contributed by atoms with van der Waals surface area (Å²) in [6.07, 6.45) is 21.2. The van der Waals surface area contributed by atoms with Crippen LogP contribution in [0.4, 0.5) is 0 Å². The van der Waals surface area contributed by atoms with Crippen molar-refractivity contribution < 1.29 is 15.0 Å². The van der Waals surface area contributed by atoms with Crippen LogP contribution in [0.3, 0.4) is 0 Å². The highest BCUT2D eigenvalue weighted by Gasteiger charge is 2.12. The van der Waals surface area contributed by atoms with E-state index in [1.165, 1.54) is 32.6 Å². The minimum absolute atomic E-state index is 0.108. The van der Waals surface area contributed by atoms with Gasteiger partial charge in [-0.05, 0) is 32.6 Å². The van der Waals surface area contributed by atoms with Gasteiger partial charge in [-0.2, -0.15) is 0 Å². The molecule has 0 amide bonds. The standard InChI is InChI=1S/C21H34O3/c1-3-4-5-6-7-8-9-10-11-12-13-14-17-20(23)21(24)18-15-16-19(2)22/h8-14,17,20-21,23-24H,3-7,15-16,18H2,1-2H3/b9-8+,11-10-,13-12+,17-14+/t20-,21+/m1/s1. The molecule has 0 aromatic heterocycles. The number of carbonyl (C=O) groups excluding carboxylic acids is 1. The number of allylic oxidation sites excluding steroid dienone is 7. The number of hydrogen-bond acceptors (Lipinski definition) is 3. The van der Waals surface area contributed by atoms with Crippen LogP contribution in [-0.4, -0.2) is 28.2 Å². The van der Waals surface area contributed by atoms with Gasteiger partial charge in [-0.3, -0.25) is 0 Å². The van der Waals surface area contributed by atoms with E-state index in [-0.39, 0.29) is 5.78 Å². The largest absolute Gasteiger partial charge is 0.390 e. The van der Waals surface area contributed by atoms with Gasteiger partial charge in [0.05, 0.1) is 12.2 Å². The number of carbonyl (C=O) groups is 1. The van der Waals surface area contributed by atoms with Crippen molar-refractivity contribution in [1.82, 2.24) is 0 Å². The van der Waals surface area contributed by atoms with Crippen molar-refractivity contribution in [3.8, 4) is 0 Å². The minimum Gasteiger partial charge on any atom is -0.390 e. The Morgan fingerprint density at radius 2 is 1.58 bits per heavy atom. The van der Waals surface area contributed by atoms with Gasteiger partial charge in [0, 0.05) is 6.42 Å². The molecule has 0 bridgehead atoms. The van der Waals surface area contributed by atoms with Gasteiger partial charge in [-0.25, -0.2) is 0 Å². The third-order valence-electron chi connectivity index (χ3n) is 3.65. The molecular weight excluding hydrogens is 300 g/mol. The molecule has 0 aliphatic heterocycles. The summed E-state index contributed by atoms with van der Waals surface area (Å²) in [6.45, 7) is 3.75. The zero-order chi connectivity index (χ0) is 18.0. The Balaban J connectivity index is 3.83. The van der Waals surface area contributed by atoms with Crippen molar-refractivity contribution in [3.63, 3.8) is 0 Å². The zero-order valence-electron chi connectivity index (χ0n) is 15.2. The van der Waals surface area contributed by atoms with Crippen molar-refractivity contribution >= 4 is 5.78 Å². The van der Waals surface area contributed by atoms with Gasteiger partial charge in [0.2, 0.25) is 0 Å². The lowest BCUT2D eigenvalue weighted by Gasteiger charge is -2.13. The summed E-state index contributed by atoms with van der Waals surface area (Å²) in [5.41, 5.74) is 0. The summed E-state index contributed by atoms with van der Waals surface area (Å²) in [4.78, 5) is 10.8. The number of unbranched alkanes of at least 4 members (excludes halogenated alkanes) is 4. The Kier molecular flexibility index (Phi) is 15.4. The van der Waals surface area contributed by atoms with E-state index in [4.69, 9.17) is 0 Å². The second kappa shape index (κ2) is 16.4. The minimum atomic E-state index is -0.895. The Labute approximate surface area is 147 Å². The Hall–Kier alpha value is -1.45. The van der Waals surface area contributed by atoms with Gasteiger partial charge in [0.1, 0.15) is 5.78 Å². The molecule has 0 spiro atoms. The summed E-state index contributed by atoms with van der Waals surface area (Å²) >= 11 is 0. The first-order valence-electron chi connectivity index (χ1n) is 9.10. The Morgan fingerprint density at radius 3 is 2.25 bits per heavy atom. The van der Waals surface area contributed by atoms with Crippen LogP contribution in [0.2, 0.25) is 0 Å². The summed E-state index contributed by atoms with van der Waals surface area (Å²) in [6, 6.07) is 0. The highest BCUT2D eigenvalue weighted by Crippen LogP contribution is 2.07. The van der Waals surface area contributed by atoms with Crippen LogP contribution in [0.5, 0.6) is 0 Å². The normalized spacial score (nSPS) is 15.2. The first-order valence-corrected chi connectivity index (χ1v) is 9.10. The maximum absolute atomic E-state index is 10.8. The Morgan fingerprint density at radius 1 is 0.917 bits per heavy atom. The predicted octanol–water partition coefficient (Wildman–Crippen LogP) is 4.66. The summed E-state index contributed by atoms with van der Waals surface area (Å²) in [7, 11) is 0. The van der Waals surface area contributed by atoms with Gasteiger partial charge in [-0.1, -0.05) is 74.8 Å². The van der Waals surface area contributed by atoms with E-state index < -0.39 is 12.2 Å². The molecule has 0 saturated heterocycles. The summed E-state index contributed by atoms with van der Waals surface area (Å²) in [5, 5.41) is 19.5. The maximum Gasteiger partial charge on any atom is 0.129 e. The molecule has 0 heterocycles. The smallest absolute Gasteiger partial charge is 0.129 e. The lowest BCUT2D eigenvalue weighted by molar-refractivity contribution is -0.117. The van der Waals surface area contributed by atoms with Gasteiger partial charge in [0.25, 0.3) is 0 Å². The molecule has 0 fully saturated rings. The summed E-state index contributed by atoms with van der Waals surface area (Å²) < 4.78 is 0. The van der Waals surface area contributed by atoms with Crippen LogP contribution in [0, 0.1) is 0 Å². The van der Waals surface area contributed by atoms with E-state index in [1.807, 2.05) is 30.4 Å². The predicted molar refractivity (Wildman–Crippen MR) is 102 cm³/mol. The average Bonchev–Trinajstić information content (AvgIpc) is 2.55. The van der Waals surface area contributed by atoms with Crippen molar-refractivity contribution in [1.29, 1.82) is 0 Å². The van der Waals surface area contributed by atoms with Crippen LogP contribution in [-0.2, 0) is 4.79 Å². The lowest BCUT2D eigenvalue weighted by atomic mass is 10.1. The third kappa shape index (κ3) is 15.4. The highest BCUT2D eigenvalue weighted by molar-refractivity contribution is 5.75. The number of ketones is 1. The molecule has 0 rings (SSSR count). The molecule has 0 aliphatic rings. The quantitative estimate of drug-likeness (QED) is 0.359. The molecule has 3 nitrogen and oxygen atoms in total. The van der Waals surface area contributed by atoms with E-state index in [9.17, 15) is 15.0 Å². The van der Waals surface area contributed by atoms with Gasteiger partial charge in [0.15, 0.2) is 0 Å². The van der Waals surface area contributed by atoms with Crippen LogP contribution in [0.15, 0.2) is 48.6 Å². The third-order valence-corrected chi connectivity index (χ3v) is 3.65. The highest BCUT2D eigenvalue weighted by atomic mass is 16.3. The van der Waals surface area contributed by atoms with E-state index in [1.54, 1.807) is 12.2 Å². The van der Waals surface area contributed by atoms with Gasteiger partial charge >= 0.3 is 0 Å². The number of rotatable bonds is 14. The first-order chi connectivity index (χ1) is 11.6. The molecule has 0 aromatic carbocycles. The number of Topliss-reactive ketones (excluding diaryl/α,β-unsaturated/α-hetero) is 1. The fraction of sp³-hybridized carbons (Fsp3) is 0.571. The molecule has 0 unspecified atom stereocenters. The average molecular weight is 335 g/mol. The number of aliphatic hydroxyl groups excluding tert-OH is 2. The van der Waals surface area contributed by atoms with Crippen LogP contribution < -0.4 is 0 Å². The van der Waals surface area contributed by atoms with Crippen molar-refractivity contribution in [2.75, 3.05) is 0 Å². The molecule has 2 atom stereocenters. The molecule has 0 aliphatic carbocycles. The molecule has 3 heteroatoms. The van der Waals surface area contributed by atoms with Crippen molar-refractivity contribution in [2.45, 2.75) is 77.4 Å². The molecule has 0 saturated carbocycles. The van der Waals surface area contributed by atoms with Crippen LogP contribution in [0.1, 0.15) is 65.2 Å². The van der Waals surface area contributed by atoms with Crippen molar-refractivity contribution in [2.24, 2.45) is 0 Å². The maximum atomic E-state index is 10.8. The lowest BCUT2D eigenvalue weighted by Crippen LogP contribution is -2.23. The fourth-order valence-electron chi connectivity index (χ4n) is 2.16. The van der Waals surface area contributed by atoms with Gasteiger partial charge in [-0.15, -0.1) is 0 Å². The van der Waals surface area contributed by atoms with Crippen LogP contribution >= 0.6 is 0 Å². The van der Waals surface area contributed by atoms with E-state index >= 15 is 0 Å². The number of hydrogen-bond donors (Lipinski definition) is 2. The number of aliphatic hydroxyl groups is 2. The van der Waals surface area contributed by atoms with Gasteiger partial charge < -0.3 is 15.0 Å². The zero-order valence-corrected chi connectivity index (χ0v) is 15.2. The van der Waals surface area contributed by atoms with Crippen LogP contribution in [0.25, 0.3) is 0 Å². The topological polar surface area (TPSA) is 57.5 Å². The molecular formula is C21H34O3. The first kappa shape index (κ1) is 22.6.